The van der Waals surface area contributed by atoms with Gasteiger partial charge in [-0.05, 0) is 25.8 Å². The number of fused-ring (bicyclic) bond motifs is 3. The number of anilines is 1. The second-order valence-corrected chi connectivity index (χ2v) is 10.3. The Labute approximate surface area is 195 Å². The van der Waals surface area contributed by atoms with Crippen LogP contribution in [0.1, 0.15) is 43.4 Å². The molecule has 1 N–H and O–H groups in total. The molecular weight excluding hydrogens is 410 g/mol. The highest BCUT2D eigenvalue weighted by Crippen LogP contribution is 2.38. The topological polar surface area (TPSA) is 61.1 Å². The largest absolute Gasteiger partial charge is 0.355 e. The molecule has 2 atom stereocenters. The Balaban J connectivity index is 1.19. The van der Waals surface area contributed by atoms with Crippen molar-refractivity contribution >= 4 is 17.3 Å². The van der Waals surface area contributed by atoms with E-state index in [4.69, 9.17) is 9.98 Å². The molecule has 0 aromatic carbocycles. The fourth-order valence-corrected chi connectivity index (χ4v) is 6.59. The summed E-state index contributed by atoms with van der Waals surface area (Å²) in [5.41, 5.74) is 3.60. The summed E-state index contributed by atoms with van der Waals surface area (Å²) in [5, 5.41) is 8.20. The molecule has 5 aliphatic rings. The molecule has 2 aliphatic carbocycles. The number of hydrogen-bond donors (Lipinski definition) is 1. The lowest BCUT2D eigenvalue weighted by Gasteiger charge is -2.46. The zero-order chi connectivity index (χ0) is 21.8. The summed E-state index contributed by atoms with van der Waals surface area (Å²) in [6.07, 6.45) is 19.7. The Morgan fingerprint density at radius 2 is 1.82 bits per heavy atom. The molecule has 33 heavy (non-hydrogen) atoms. The summed E-state index contributed by atoms with van der Waals surface area (Å²) in [6.45, 7) is 4.06. The highest BCUT2D eigenvalue weighted by molar-refractivity contribution is 5.90. The number of allylic oxidation sites excluding steroid dienone is 2. The molecule has 7 heteroatoms. The predicted octanol–water partition coefficient (Wildman–Crippen LogP) is 2.76. The van der Waals surface area contributed by atoms with Crippen LogP contribution in [0.25, 0.3) is 5.65 Å². The first kappa shape index (κ1) is 19.8. The van der Waals surface area contributed by atoms with Crippen molar-refractivity contribution in [2.24, 2.45) is 10.9 Å². The monoisotopic (exact) mass is 443 g/mol. The molecule has 0 spiro atoms. The van der Waals surface area contributed by atoms with E-state index in [0.717, 1.165) is 44.7 Å². The van der Waals surface area contributed by atoms with Crippen molar-refractivity contribution in [1.82, 2.24) is 24.8 Å². The number of hydrogen-bond acceptors (Lipinski definition) is 6. The zero-order valence-electron chi connectivity index (χ0n) is 19.2. The van der Waals surface area contributed by atoms with E-state index in [0.29, 0.717) is 24.0 Å². The Morgan fingerprint density at radius 1 is 0.970 bits per heavy atom. The van der Waals surface area contributed by atoms with Crippen molar-refractivity contribution in [3.8, 4) is 0 Å². The quantitative estimate of drug-likeness (QED) is 0.791. The molecule has 7 rings (SSSR count). The van der Waals surface area contributed by atoms with Gasteiger partial charge in [-0.1, -0.05) is 43.6 Å². The molecule has 1 saturated carbocycles. The number of aromatic nitrogens is 3. The van der Waals surface area contributed by atoms with Crippen LogP contribution in [0, 0.1) is 5.92 Å². The van der Waals surface area contributed by atoms with E-state index in [1.54, 1.807) is 0 Å². The summed E-state index contributed by atoms with van der Waals surface area (Å²) in [5.74, 6) is 3.13. The fourth-order valence-electron chi connectivity index (χ4n) is 6.59. The van der Waals surface area contributed by atoms with Gasteiger partial charge in [0.15, 0.2) is 5.65 Å². The van der Waals surface area contributed by atoms with E-state index in [-0.39, 0.29) is 0 Å². The molecule has 2 fully saturated rings. The molecule has 3 aliphatic heterocycles. The van der Waals surface area contributed by atoms with Gasteiger partial charge in [-0.3, -0.25) is 4.99 Å². The Kier molecular flexibility index (Phi) is 4.78. The van der Waals surface area contributed by atoms with Crippen LogP contribution in [0.5, 0.6) is 0 Å². The zero-order valence-corrected chi connectivity index (χ0v) is 19.2. The van der Waals surface area contributed by atoms with Gasteiger partial charge in [0.1, 0.15) is 11.7 Å². The van der Waals surface area contributed by atoms with Crippen LogP contribution >= 0.6 is 0 Å². The third kappa shape index (κ3) is 3.23. The molecule has 1 saturated heterocycles. The maximum absolute atomic E-state index is 5.30. The number of aliphatic imine (C=N–C) groups is 1. The minimum atomic E-state index is 0.294. The van der Waals surface area contributed by atoms with E-state index in [1.807, 2.05) is 12.3 Å². The summed E-state index contributed by atoms with van der Waals surface area (Å²) in [4.78, 5) is 15.5. The average molecular weight is 444 g/mol. The first-order valence-corrected chi connectivity index (χ1v) is 12.9. The molecule has 0 radical (unpaired) electrons. The second-order valence-electron chi connectivity index (χ2n) is 10.3. The lowest BCUT2D eigenvalue weighted by atomic mass is 9.89. The van der Waals surface area contributed by atoms with Crippen molar-refractivity contribution in [2.45, 2.75) is 63.1 Å². The first-order chi connectivity index (χ1) is 16.4. The van der Waals surface area contributed by atoms with Crippen LogP contribution < -0.4 is 10.2 Å². The second kappa shape index (κ2) is 7.97. The van der Waals surface area contributed by atoms with E-state index in [1.165, 1.54) is 55.0 Å². The minimum Gasteiger partial charge on any atom is -0.355 e. The fraction of sp³-hybridized carbons (Fsp3) is 0.577. The van der Waals surface area contributed by atoms with Crippen molar-refractivity contribution in [2.75, 3.05) is 31.1 Å². The van der Waals surface area contributed by atoms with Crippen LogP contribution in [0.2, 0.25) is 0 Å². The number of rotatable bonds is 3. The van der Waals surface area contributed by atoms with Gasteiger partial charge in [0.25, 0.3) is 0 Å². The van der Waals surface area contributed by atoms with Gasteiger partial charge >= 0.3 is 0 Å². The number of nitrogens with zero attached hydrogens (tertiary/aromatic N) is 6. The summed E-state index contributed by atoms with van der Waals surface area (Å²) in [6, 6.07) is 3.40. The Bertz CT molecular complexity index is 1130. The van der Waals surface area contributed by atoms with Gasteiger partial charge in [0.05, 0.1) is 29.9 Å². The van der Waals surface area contributed by atoms with E-state index in [2.05, 4.69) is 49.0 Å². The lowest BCUT2D eigenvalue weighted by Crippen LogP contribution is -2.57. The molecule has 5 heterocycles. The third-order valence-electron chi connectivity index (χ3n) is 8.24. The Morgan fingerprint density at radius 3 is 2.73 bits per heavy atom. The average Bonchev–Trinajstić information content (AvgIpc) is 3.36. The first-order valence-electron chi connectivity index (χ1n) is 12.9. The lowest BCUT2D eigenvalue weighted by molar-refractivity contribution is 0.211. The molecular formula is C26H33N7. The molecule has 2 unspecified atom stereocenters. The normalized spacial score (nSPS) is 27.9. The maximum Gasteiger partial charge on any atom is 0.157 e. The van der Waals surface area contributed by atoms with Gasteiger partial charge in [0.2, 0.25) is 0 Å². The molecule has 0 bridgehead atoms. The van der Waals surface area contributed by atoms with Crippen molar-refractivity contribution in [1.29, 1.82) is 0 Å². The smallest absolute Gasteiger partial charge is 0.157 e. The van der Waals surface area contributed by atoms with E-state index < -0.39 is 0 Å². The van der Waals surface area contributed by atoms with E-state index in [9.17, 15) is 0 Å². The molecule has 2 aromatic rings. The Hall–Kier alpha value is -2.67. The van der Waals surface area contributed by atoms with Crippen molar-refractivity contribution in [3.05, 3.63) is 47.8 Å². The van der Waals surface area contributed by atoms with Crippen LogP contribution in [-0.4, -0.2) is 69.6 Å². The van der Waals surface area contributed by atoms with Crippen LogP contribution in [0.15, 0.2) is 41.6 Å². The standard InChI is InChI=1S/C26H33N7/c1-2-6-19(7-3-1)32-23-9-5-4-8-22(23)30-25(32)18-16-31(17-18)26-20-10-13-27-14-11-21(20)29-24-12-15-28-33(24)26/h4-5,8-9,12,15,18-19,22-23,27H,1-3,6-7,10-11,13-14,16-17H2. The summed E-state index contributed by atoms with van der Waals surface area (Å²) < 4.78 is 2.07. The summed E-state index contributed by atoms with van der Waals surface area (Å²) in [7, 11) is 0. The molecule has 2 aromatic heterocycles. The van der Waals surface area contributed by atoms with Crippen LogP contribution in [0.4, 0.5) is 5.82 Å². The maximum atomic E-state index is 5.30. The SMILES string of the molecule is C1=CC2N=C(C3CN(c4c5c(nc6ccnn46)CCNCC5)C3)N(C3CCCCC3)C2C=C1. The van der Waals surface area contributed by atoms with Crippen LogP contribution in [-0.2, 0) is 12.8 Å². The molecule has 172 valence electrons. The van der Waals surface area contributed by atoms with Gasteiger partial charge in [0, 0.05) is 43.7 Å². The summed E-state index contributed by atoms with van der Waals surface area (Å²) >= 11 is 0. The molecule has 0 amide bonds. The van der Waals surface area contributed by atoms with Gasteiger partial charge < -0.3 is 15.1 Å². The highest BCUT2D eigenvalue weighted by Gasteiger charge is 2.45. The van der Waals surface area contributed by atoms with Crippen molar-refractivity contribution in [3.63, 3.8) is 0 Å². The van der Waals surface area contributed by atoms with Gasteiger partial charge in [-0.25, -0.2) is 4.98 Å². The van der Waals surface area contributed by atoms with E-state index >= 15 is 0 Å². The molecule has 7 nitrogen and oxygen atoms in total. The predicted molar refractivity (Wildman–Crippen MR) is 131 cm³/mol. The highest BCUT2D eigenvalue weighted by atomic mass is 15.4. The number of amidine groups is 1. The van der Waals surface area contributed by atoms with Gasteiger partial charge in [-0.15, -0.1) is 0 Å². The van der Waals surface area contributed by atoms with Crippen LogP contribution in [0.3, 0.4) is 0 Å². The van der Waals surface area contributed by atoms with Gasteiger partial charge in [-0.2, -0.15) is 9.61 Å². The minimum absolute atomic E-state index is 0.294. The number of nitrogens with one attached hydrogen (secondary N) is 1. The third-order valence-corrected chi connectivity index (χ3v) is 8.24. The van der Waals surface area contributed by atoms with Crippen molar-refractivity contribution < 1.29 is 0 Å².